The molecular formula is C63H104O5. The molecule has 68 heavy (non-hydrogen) atoms. The van der Waals surface area contributed by atoms with Gasteiger partial charge in [0.1, 0.15) is 19.3 Å². The zero-order valence-corrected chi connectivity index (χ0v) is 44.3. The van der Waals surface area contributed by atoms with Gasteiger partial charge >= 0.3 is 11.9 Å². The SMILES string of the molecule is CC/C=C\C/C=C\C/C=C\C/C=C\C/C=C\C/C=C\CCC(=O)OC[C@H](COC(=O)CCC/C=C\C/C=C\C/C=C\C/C=C\CCCCC)OCCCCCCCCCCCCCCCCCC. The first-order valence-electron chi connectivity index (χ1n) is 28.1. The van der Waals surface area contributed by atoms with Crippen molar-refractivity contribution in [2.75, 3.05) is 19.8 Å². The van der Waals surface area contributed by atoms with Crippen LogP contribution >= 0.6 is 0 Å². The highest BCUT2D eigenvalue weighted by Crippen LogP contribution is 2.14. The number of esters is 2. The molecule has 0 aromatic rings. The van der Waals surface area contributed by atoms with Gasteiger partial charge in [-0.2, -0.15) is 0 Å². The lowest BCUT2D eigenvalue weighted by molar-refractivity contribution is -0.155. The number of unbranched alkanes of at least 4 members (excludes halogenated alkanes) is 19. The Balaban J connectivity index is 4.47. The summed E-state index contributed by atoms with van der Waals surface area (Å²) in [6.45, 7) is 7.45. The third-order valence-electron chi connectivity index (χ3n) is 11.5. The third-order valence-corrected chi connectivity index (χ3v) is 11.5. The zero-order chi connectivity index (χ0) is 49.2. The molecule has 1 atom stereocenters. The highest BCUT2D eigenvalue weighted by molar-refractivity contribution is 5.70. The average molecular weight is 942 g/mol. The van der Waals surface area contributed by atoms with E-state index in [-0.39, 0.29) is 25.2 Å². The normalized spacial score (nSPS) is 13.2. The predicted molar refractivity (Wildman–Crippen MR) is 297 cm³/mol. The van der Waals surface area contributed by atoms with Crippen LogP contribution in [0.1, 0.15) is 239 Å². The Bertz CT molecular complexity index is 1390. The van der Waals surface area contributed by atoms with E-state index < -0.39 is 6.10 Å². The summed E-state index contributed by atoms with van der Waals surface area (Å²) in [7, 11) is 0. The number of carbonyl (C=O) groups excluding carboxylic acids is 2. The number of rotatable bonds is 50. The summed E-state index contributed by atoms with van der Waals surface area (Å²) in [5.74, 6) is -0.494. The van der Waals surface area contributed by atoms with E-state index in [1.807, 2.05) is 6.08 Å². The second-order valence-electron chi connectivity index (χ2n) is 18.1. The van der Waals surface area contributed by atoms with Crippen LogP contribution < -0.4 is 0 Å². The highest BCUT2D eigenvalue weighted by Gasteiger charge is 2.15. The van der Waals surface area contributed by atoms with E-state index in [0.29, 0.717) is 25.9 Å². The van der Waals surface area contributed by atoms with Crippen molar-refractivity contribution < 1.29 is 23.8 Å². The lowest BCUT2D eigenvalue weighted by atomic mass is 10.0. The van der Waals surface area contributed by atoms with Crippen LogP contribution in [0.4, 0.5) is 0 Å². The van der Waals surface area contributed by atoms with Gasteiger partial charge in [-0.05, 0) is 96.3 Å². The zero-order valence-electron chi connectivity index (χ0n) is 44.3. The molecule has 0 saturated heterocycles. The number of carbonyl (C=O) groups is 2. The van der Waals surface area contributed by atoms with Gasteiger partial charge in [0.15, 0.2) is 0 Å². The lowest BCUT2D eigenvalue weighted by Gasteiger charge is -2.18. The molecule has 0 heterocycles. The molecule has 0 aromatic heterocycles. The Hall–Kier alpha value is -3.70. The summed E-state index contributed by atoms with van der Waals surface area (Å²) in [5.41, 5.74) is 0. The van der Waals surface area contributed by atoms with E-state index >= 15 is 0 Å². The van der Waals surface area contributed by atoms with E-state index in [4.69, 9.17) is 14.2 Å². The maximum atomic E-state index is 12.6. The fourth-order valence-corrected chi connectivity index (χ4v) is 7.33. The number of ether oxygens (including phenoxy) is 3. The predicted octanol–water partition coefficient (Wildman–Crippen LogP) is 19.3. The summed E-state index contributed by atoms with van der Waals surface area (Å²) in [6.07, 6.45) is 81.1. The van der Waals surface area contributed by atoms with Crippen molar-refractivity contribution in [1.82, 2.24) is 0 Å². The standard InChI is InChI=1S/C63H104O5/c1-4-7-10-13-16-19-22-25-28-31-32-34-36-39-42-45-48-51-54-57-63(65)68-60-61(66-58-55-52-49-46-43-40-37-30-27-24-21-18-15-12-9-6-3)59-67-62(64)56-53-50-47-44-41-38-35-33-29-26-23-20-17-14-11-8-5-2/h7,10,16-17,19-20,25-26,28-29,32,34-35,38-39,42,44,47-48,51,61H,4-6,8-9,11-15,18,21-24,27,30-31,33,36-37,40-41,43,45-46,49-50,52-60H2,1-3H3/b10-7-,19-16-,20-17-,28-25-,29-26-,34-32-,38-35-,42-39-,47-44-,51-48-/t61-/m0/s1. The van der Waals surface area contributed by atoms with E-state index in [1.54, 1.807) is 0 Å². The van der Waals surface area contributed by atoms with Crippen molar-refractivity contribution in [3.8, 4) is 0 Å². The molecule has 0 unspecified atom stereocenters. The topological polar surface area (TPSA) is 61.8 Å². The van der Waals surface area contributed by atoms with Crippen molar-refractivity contribution in [2.45, 2.75) is 245 Å². The van der Waals surface area contributed by atoms with Gasteiger partial charge in [0.25, 0.3) is 0 Å². The maximum absolute atomic E-state index is 12.6. The van der Waals surface area contributed by atoms with E-state index in [1.165, 1.54) is 116 Å². The minimum absolute atomic E-state index is 0.0942. The molecule has 0 bridgehead atoms. The molecule has 0 aliphatic rings. The first-order chi connectivity index (χ1) is 33.6. The van der Waals surface area contributed by atoms with E-state index in [0.717, 1.165) is 83.5 Å². The van der Waals surface area contributed by atoms with Crippen LogP contribution in [0, 0.1) is 0 Å². The van der Waals surface area contributed by atoms with Gasteiger partial charge in [0.05, 0.1) is 0 Å². The maximum Gasteiger partial charge on any atom is 0.306 e. The quantitative estimate of drug-likeness (QED) is 0.0345. The first kappa shape index (κ1) is 64.3. The molecule has 5 nitrogen and oxygen atoms in total. The van der Waals surface area contributed by atoms with Crippen LogP contribution in [0.3, 0.4) is 0 Å². The van der Waals surface area contributed by atoms with E-state index in [9.17, 15) is 9.59 Å². The van der Waals surface area contributed by atoms with Crippen molar-refractivity contribution in [1.29, 1.82) is 0 Å². The van der Waals surface area contributed by atoms with Crippen molar-refractivity contribution in [2.24, 2.45) is 0 Å². The van der Waals surface area contributed by atoms with Gasteiger partial charge in [-0.25, -0.2) is 0 Å². The molecule has 386 valence electrons. The fraction of sp³-hybridized carbons (Fsp3) is 0.651. The summed E-state index contributed by atoms with van der Waals surface area (Å²) < 4.78 is 17.4. The lowest BCUT2D eigenvalue weighted by Crippen LogP contribution is -2.29. The van der Waals surface area contributed by atoms with Crippen LogP contribution in [-0.4, -0.2) is 37.9 Å². The van der Waals surface area contributed by atoms with Gasteiger partial charge in [0.2, 0.25) is 0 Å². The van der Waals surface area contributed by atoms with Crippen molar-refractivity contribution in [3.05, 3.63) is 122 Å². The molecule has 0 radical (unpaired) electrons. The third kappa shape index (κ3) is 54.9. The second kappa shape index (κ2) is 57.6. The minimum atomic E-state index is -0.460. The minimum Gasteiger partial charge on any atom is -0.463 e. The molecular weight excluding hydrogens is 837 g/mol. The van der Waals surface area contributed by atoms with E-state index in [2.05, 4.69) is 136 Å². The number of hydrogen-bond donors (Lipinski definition) is 0. The summed E-state index contributed by atoms with van der Waals surface area (Å²) in [6, 6.07) is 0. The van der Waals surface area contributed by atoms with Crippen LogP contribution in [0.2, 0.25) is 0 Å². The summed E-state index contributed by atoms with van der Waals surface area (Å²) in [4.78, 5) is 25.2. The molecule has 0 spiro atoms. The van der Waals surface area contributed by atoms with Crippen LogP contribution in [0.5, 0.6) is 0 Å². The van der Waals surface area contributed by atoms with Gasteiger partial charge in [-0.1, -0.05) is 251 Å². The smallest absolute Gasteiger partial charge is 0.306 e. The van der Waals surface area contributed by atoms with Crippen molar-refractivity contribution in [3.63, 3.8) is 0 Å². The molecule has 0 saturated carbocycles. The molecule has 0 amide bonds. The molecule has 0 aliphatic heterocycles. The monoisotopic (exact) mass is 941 g/mol. The van der Waals surface area contributed by atoms with Gasteiger partial charge < -0.3 is 14.2 Å². The number of hydrogen-bond acceptors (Lipinski definition) is 5. The Morgan fingerprint density at radius 3 is 1.03 bits per heavy atom. The van der Waals surface area contributed by atoms with Gasteiger partial charge in [-0.15, -0.1) is 0 Å². The van der Waals surface area contributed by atoms with Crippen LogP contribution in [-0.2, 0) is 23.8 Å². The summed E-state index contributed by atoms with van der Waals surface area (Å²) >= 11 is 0. The summed E-state index contributed by atoms with van der Waals surface area (Å²) in [5, 5.41) is 0. The Morgan fingerprint density at radius 1 is 0.324 bits per heavy atom. The largest absolute Gasteiger partial charge is 0.463 e. The molecule has 5 heteroatoms. The molecule has 0 aromatic carbocycles. The Labute approximate surface area is 420 Å². The molecule has 0 aliphatic carbocycles. The Morgan fingerprint density at radius 2 is 0.632 bits per heavy atom. The van der Waals surface area contributed by atoms with Crippen LogP contribution in [0.25, 0.3) is 0 Å². The highest BCUT2D eigenvalue weighted by atomic mass is 16.6. The molecule has 0 rings (SSSR count). The Kier molecular flexibility index (Phi) is 54.5. The average Bonchev–Trinajstić information content (AvgIpc) is 3.34. The fourth-order valence-electron chi connectivity index (χ4n) is 7.33. The molecule has 0 fully saturated rings. The van der Waals surface area contributed by atoms with Crippen molar-refractivity contribution >= 4 is 11.9 Å². The van der Waals surface area contributed by atoms with Gasteiger partial charge in [0, 0.05) is 19.4 Å². The molecule has 0 N–H and O–H groups in total. The second-order valence-corrected chi connectivity index (χ2v) is 18.1. The first-order valence-corrected chi connectivity index (χ1v) is 28.1. The van der Waals surface area contributed by atoms with Crippen LogP contribution in [0.15, 0.2) is 122 Å². The number of allylic oxidation sites excluding steroid dienone is 20. The van der Waals surface area contributed by atoms with Gasteiger partial charge in [-0.3, -0.25) is 9.59 Å².